The summed E-state index contributed by atoms with van der Waals surface area (Å²) in [6.07, 6.45) is 5.98. The van der Waals surface area contributed by atoms with Crippen LogP contribution in [0.4, 0.5) is 0 Å². The number of hydrogen-bond donors (Lipinski definition) is 2. The predicted molar refractivity (Wildman–Crippen MR) is 102 cm³/mol. The molecule has 1 fully saturated rings. The van der Waals surface area contributed by atoms with Crippen LogP contribution in [0, 0.1) is 13.8 Å². The number of nitrogens with zero attached hydrogens (tertiary/aromatic N) is 1. The van der Waals surface area contributed by atoms with Crippen molar-refractivity contribution in [2.75, 3.05) is 32.8 Å². The summed E-state index contributed by atoms with van der Waals surface area (Å²) in [4.78, 5) is 29.8. The molecule has 146 valence electrons. The Balaban J connectivity index is 1.71. The second-order valence-corrected chi connectivity index (χ2v) is 7.05. The molecule has 1 saturated heterocycles. The van der Waals surface area contributed by atoms with Gasteiger partial charge in [0.25, 0.3) is 0 Å². The standard InChI is InChI=1S/C20H33N3O3/c1-4-26-20(25)19-15(2)17(22-16(19)3)9-10-18(24)21-11-8-14-23-12-6-5-7-13-23/h22H,4-14H2,1-3H3,(H,21,24). The predicted octanol–water partition coefficient (Wildman–Crippen LogP) is 2.73. The second kappa shape index (κ2) is 10.4. The van der Waals surface area contributed by atoms with Crippen molar-refractivity contribution < 1.29 is 14.3 Å². The van der Waals surface area contributed by atoms with Crippen molar-refractivity contribution >= 4 is 11.9 Å². The van der Waals surface area contributed by atoms with Gasteiger partial charge in [0.2, 0.25) is 5.91 Å². The van der Waals surface area contributed by atoms with Gasteiger partial charge in [-0.15, -0.1) is 0 Å². The van der Waals surface area contributed by atoms with Crippen LogP contribution in [0.3, 0.4) is 0 Å². The summed E-state index contributed by atoms with van der Waals surface area (Å²) in [5, 5.41) is 3.01. The number of aromatic amines is 1. The van der Waals surface area contributed by atoms with E-state index in [-0.39, 0.29) is 11.9 Å². The Hall–Kier alpha value is -1.82. The number of likely N-dealkylation sites (tertiary alicyclic amines) is 1. The minimum atomic E-state index is -0.299. The summed E-state index contributed by atoms with van der Waals surface area (Å²) in [6, 6.07) is 0. The molecular weight excluding hydrogens is 330 g/mol. The van der Waals surface area contributed by atoms with Gasteiger partial charge in [0, 0.05) is 24.4 Å². The van der Waals surface area contributed by atoms with E-state index in [2.05, 4.69) is 15.2 Å². The zero-order valence-corrected chi connectivity index (χ0v) is 16.5. The van der Waals surface area contributed by atoms with Gasteiger partial charge in [-0.2, -0.15) is 0 Å². The van der Waals surface area contributed by atoms with Gasteiger partial charge >= 0.3 is 5.97 Å². The number of esters is 1. The summed E-state index contributed by atoms with van der Waals surface area (Å²) in [6.45, 7) is 10.1. The van der Waals surface area contributed by atoms with E-state index >= 15 is 0 Å². The fourth-order valence-electron chi connectivity index (χ4n) is 3.61. The molecule has 1 aliphatic heterocycles. The lowest BCUT2D eigenvalue weighted by molar-refractivity contribution is -0.121. The van der Waals surface area contributed by atoms with Crippen LogP contribution < -0.4 is 5.32 Å². The van der Waals surface area contributed by atoms with Crippen molar-refractivity contribution in [2.24, 2.45) is 0 Å². The number of aryl methyl sites for hydroxylation is 2. The molecule has 0 spiro atoms. The SMILES string of the molecule is CCOC(=O)c1c(C)[nH]c(CCC(=O)NCCCN2CCCCC2)c1C. The van der Waals surface area contributed by atoms with Gasteiger partial charge in [0.1, 0.15) is 0 Å². The summed E-state index contributed by atoms with van der Waals surface area (Å²) in [5.74, 6) is -0.236. The molecule has 0 radical (unpaired) electrons. The first-order valence-corrected chi connectivity index (χ1v) is 9.87. The molecule has 6 heteroatoms. The fraction of sp³-hybridized carbons (Fsp3) is 0.700. The van der Waals surface area contributed by atoms with Crippen LogP contribution >= 0.6 is 0 Å². The Morgan fingerprint density at radius 3 is 2.62 bits per heavy atom. The molecule has 2 rings (SSSR count). The highest BCUT2D eigenvalue weighted by Gasteiger charge is 2.19. The molecule has 1 aromatic rings. The average Bonchev–Trinajstić information content (AvgIpc) is 2.91. The zero-order valence-electron chi connectivity index (χ0n) is 16.5. The molecule has 26 heavy (non-hydrogen) atoms. The highest BCUT2D eigenvalue weighted by molar-refractivity contribution is 5.92. The molecule has 2 N–H and O–H groups in total. The highest BCUT2D eigenvalue weighted by Crippen LogP contribution is 2.20. The van der Waals surface area contributed by atoms with Crippen LogP contribution in [-0.2, 0) is 16.0 Å². The average molecular weight is 364 g/mol. The van der Waals surface area contributed by atoms with Gasteiger partial charge in [-0.1, -0.05) is 6.42 Å². The van der Waals surface area contributed by atoms with Gasteiger partial charge in [-0.05, 0) is 71.7 Å². The Kier molecular flexibility index (Phi) is 8.16. The van der Waals surface area contributed by atoms with E-state index in [0.717, 1.165) is 36.5 Å². The first-order valence-electron chi connectivity index (χ1n) is 9.87. The summed E-state index contributed by atoms with van der Waals surface area (Å²) in [5.41, 5.74) is 3.23. The minimum absolute atomic E-state index is 0.0629. The Morgan fingerprint density at radius 2 is 1.92 bits per heavy atom. The zero-order chi connectivity index (χ0) is 18.9. The van der Waals surface area contributed by atoms with Gasteiger partial charge in [-0.25, -0.2) is 4.79 Å². The van der Waals surface area contributed by atoms with Crippen LogP contribution in [0.5, 0.6) is 0 Å². The maximum absolute atomic E-state index is 12.1. The third-order valence-corrected chi connectivity index (χ3v) is 5.04. The second-order valence-electron chi connectivity index (χ2n) is 7.05. The van der Waals surface area contributed by atoms with E-state index in [1.165, 1.54) is 32.4 Å². The van der Waals surface area contributed by atoms with E-state index < -0.39 is 0 Å². The normalized spacial score (nSPS) is 15.0. The number of carbonyl (C=O) groups excluding carboxylic acids is 2. The summed E-state index contributed by atoms with van der Waals surface area (Å²) in [7, 11) is 0. The number of amides is 1. The molecule has 1 aromatic heterocycles. The van der Waals surface area contributed by atoms with Gasteiger partial charge in [0.05, 0.1) is 12.2 Å². The first kappa shape index (κ1) is 20.5. The van der Waals surface area contributed by atoms with Gasteiger partial charge < -0.3 is 19.9 Å². The first-order chi connectivity index (χ1) is 12.5. The number of piperidine rings is 1. The number of H-pyrrole nitrogens is 1. The molecule has 0 bridgehead atoms. The van der Waals surface area contributed by atoms with E-state index in [0.29, 0.717) is 25.0 Å². The largest absolute Gasteiger partial charge is 0.462 e. The molecule has 2 heterocycles. The maximum Gasteiger partial charge on any atom is 0.340 e. The highest BCUT2D eigenvalue weighted by atomic mass is 16.5. The van der Waals surface area contributed by atoms with Gasteiger partial charge in [-0.3, -0.25) is 4.79 Å². The van der Waals surface area contributed by atoms with Gasteiger partial charge in [0.15, 0.2) is 0 Å². The van der Waals surface area contributed by atoms with Crippen molar-refractivity contribution in [1.82, 2.24) is 15.2 Å². The molecule has 0 atom stereocenters. The maximum atomic E-state index is 12.1. The van der Waals surface area contributed by atoms with E-state index in [9.17, 15) is 9.59 Å². The minimum Gasteiger partial charge on any atom is -0.462 e. The van der Waals surface area contributed by atoms with E-state index in [1.54, 1.807) is 6.92 Å². The number of aromatic nitrogens is 1. The van der Waals surface area contributed by atoms with Crippen molar-refractivity contribution in [3.05, 3.63) is 22.5 Å². The number of hydrogen-bond acceptors (Lipinski definition) is 4. The van der Waals surface area contributed by atoms with Crippen molar-refractivity contribution in [3.8, 4) is 0 Å². The number of rotatable bonds is 9. The monoisotopic (exact) mass is 363 g/mol. The molecule has 1 amide bonds. The molecule has 0 saturated carbocycles. The van der Waals surface area contributed by atoms with Crippen LogP contribution in [0.1, 0.15) is 66.3 Å². The number of carbonyl (C=O) groups is 2. The fourth-order valence-corrected chi connectivity index (χ4v) is 3.61. The third kappa shape index (κ3) is 5.87. The Labute approximate surface area is 156 Å². The number of ether oxygens (including phenoxy) is 1. The topological polar surface area (TPSA) is 74.4 Å². The lowest BCUT2D eigenvalue weighted by atomic mass is 10.1. The van der Waals surface area contributed by atoms with Crippen molar-refractivity contribution in [2.45, 2.75) is 59.3 Å². The lowest BCUT2D eigenvalue weighted by Crippen LogP contribution is -2.33. The van der Waals surface area contributed by atoms with E-state index in [1.807, 2.05) is 13.8 Å². The molecule has 1 aliphatic rings. The van der Waals surface area contributed by atoms with Crippen LogP contribution in [-0.4, -0.2) is 54.5 Å². The van der Waals surface area contributed by atoms with Crippen LogP contribution in [0.25, 0.3) is 0 Å². The molecule has 6 nitrogen and oxygen atoms in total. The molecule has 0 aromatic carbocycles. The third-order valence-electron chi connectivity index (χ3n) is 5.04. The van der Waals surface area contributed by atoms with Crippen molar-refractivity contribution in [1.29, 1.82) is 0 Å². The summed E-state index contributed by atoms with van der Waals surface area (Å²) < 4.78 is 5.10. The Bertz CT molecular complexity index is 604. The molecular formula is C20H33N3O3. The van der Waals surface area contributed by atoms with E-state index in [4.69, 9.17) is 4.74 Å². The number of nitrogens with one attached hydrogen (secondary N) is 2. The lowest BCUT2D eigenvalue weighted by Gasteiger charge is -2.26. The smallest absolute Gasteiger partial charge is 0.340 e. The quantitative estimate of drug-likeness (QED) is 0.523. The van der Waals surface area contributed by atoms with Crippen molar-refractivity contribution in [3.63, 3.8) is 0 Å². The molecule has 0 aliphatic carbocycles. The summed E-state index contributed by atoms with van der Waals surface area (Å²) >= 11 is 0. The van der Waals surface area contributed by atoms with Crippen LogP contribution in [0.2, 0.25) is 0 Å². The molecule has 0 unspecified atom stereocenters. The Morgan fingerprint density at radius 1 is 1.19 bits per heavy atom. The van der Waals surface area contributed by atoms with Crippen LogP contribution in [0.15, 0.2) is 0 Å².